The first-order valence-electron chi connectivity index (χ1n) is 4.72. The van der Waals surface area contributed by atoms with Gasteiger partial charge in [0.15, 0.2) is 11.6 Å². The summed E-state index contributed by atoms with van der Waals surface area (Å²) in [7, 11) is 0. The van der Waals surface area contributed by atoms with Crippen LogP contribution in [-0.4, -0.2) is 11.6 Å². The largest absolute Gasteiger partial charge is 0.295 e. The lowest BCUT2D eigenvalue weighted by Gasteiger charge is -2.14. The molecule has 2 aliphatic rings. The summed E-state index contributed by atoms with van der Waals surface area (Å²) in [6.07, 6.45) is 1.42. The molecule has 70 valence electrons. The molecule has 0 aromatic heterocycles. The molecule has 0 bridgehead atoms. The van der Waals surface area contributed by atoms with E-state index in [9.17, 15) is 9.59 Å². The molecule has 2 heteroatoms. The molecule has 1 unspecified atom stereocenters. The van der Waals surface area contributed by atoms with Crippen LogP contribution in [0.1, 0.15) is 33.6 Å². The van der Waals surface area contributed by atoms with Crippen molar-refractivity contribution >= 4 is 11.6 Å². The second-order valence-corrected chi connectivity index (χ2v) is 4.78. The van der Waals surface area contributed by atoms with Crippen LogP contribution in [0.5, 0.6) is 0 Å². The summed E-state index contributed by atoms with van der Waals surface area (Å²) in [5, 5.41) is 0. The van der Waals surface area contributed by atoms with Crippen LogP contribution in [0.15, 0.2) is 11.1 Å². The van der Waals surface area contributed by atoms with Crippen LogP contribution < -0.4 is 0 Å². The van der Waals surface area contributed by atoms with Crippen LogP contribution >= 0.6 is 0 Å². The van der Waals surface area contributed by atoms with Crippen LogP contribution in [0.2, 0.25) is 0 Å². The predicted octanol–water partition coefficient (Wildman–Crippen LogP) is 1.89. The molecule has 0 aromatic carbocycles. The Hall–Kier alpha value is -0.920. The molecule has 1 fully saturated rings. The number of carbonyl (C=O) groups excluding carboxylic acids is 2. The number of Topliss-reactive ketones (excluding diaryl/α,β-unsaturated/α-hetero) is 2. The topological polar surface area (TPSA) is 34.1 Å². The Balaban J connectivity index is 2.49. The molecule has 13 heavy (non-hydrogen) atoms. The molecule has 2 aliphatic carbocycles. The van der Waals surface area contributed by atoms with E-state index < -0.39 is 0 Å². The first-order chi connectivity index (χ1) is 5.93. The highest BCUT2D eigenvalue weighted by Gasteiger charge is 2.48. The summed E-state index contributed by atoms with van der Waals surface area (Å²) in [5.41, 5.74) is 1.32. The maximum Gasteiger partial charge on any atom is 0.165 e. The standard InChI is InChI=1S/C11H14O2/c1-6-8(12)4-7-5-11(2,3)10(13)9(6)7/h7H,4-5H2,1-3H3. The van der Waals surface area contributed by atoms with Gasteiger partial charge in [0.1, 0.15) is 0 Å². The summed E-state index contributed by atoms with van der Waals surface area (Å²) in [6, 6.07) is 0. The Bertz CT molecular complexity index is 334. The third-order valence-electron chi connectivity index (χ3n) is 3.28. The lowest BCUT2D eigenvalue weighted by Crippen LogP contribution is -2.18. The summed E-state index contributed by atoms with van der Waals surface area (Å²) in [5.74, 6) is 0.597. The number of carbonyl (C=O) groups is 2. The van der Waals surface area contributed by atoms with Gasteiger partial charge in [-0.3, -0.25) is 9.59 Å². The zero-order valence-electron chi connectivity index (χ0n) is 8.31. The van der Waals surface area contributed by atoms with Gasteiger partial charge in [0.25, 0.3) is 0 Å². The first kappa shape index (κ1) is 8.67. The predicted molar refractivity (Wildman–Crippen MR) is 49.2 cm³/mol. The molecule has 0 heterocycles. The number of hydrogen-bond acceptors (Lipinski definition) is 2. The minimum absolute atomic E-state index is 0.170. The van der Waals surface area contributed by atoms with Gasteiger partial charge in [-0.05, 0) is 24.8 Å². The molecule has 0 spiro atoms. The molecule has 0 saturated heterocycles. The van der Waals surface area contributed by atoms with Crippen molar-refractivity contribution in [3.63, 3.8) is 0 Å². The van der Waals surface area contributed by atoms with E-state index in [1.54, 1.807) is 6.92 Å². The number of ketones is 2. The summed E-state index contributed by atoms with van der Waals surface area (Å²) >= 11 is 0. The second kappa shape index (κ2) is 2.31. The van der Waals surface area contributed by atoms with Crippen molar-refractivity contribution in [2.24, 2.45) is 11.3 Å². The number of rotatable bonds is 0. The van der Waals surface area contributed by atoms with E-state index >= 15 is 0 Å². The summed E-state index contributed by atoms with van der Waals surface area (Å²) < 4.78 is 0. The van der Waals surface area contributed by atoms with Crippen molar-refractivity contribution in [3.05, 3.63) is 11.1 Å². The van der Waals surface area contributed by atoms with E-state index in [1.807, 2.05) is 13.8 Å². The quantitative estimate of drug-likeness (QED) is 0.567. The van der Waals surface area contributed by atoms with E-state index in [0.717, 1.165) is 17.6 Å². The average molecular weight is 178 g/mol. The van der Waals surface area contributed by atoms with Gasteiger partial charge in [-0.25, -0.2) is 0 Å². The molecular formula is C11H14O2. The van der Waals surface area contributed by atoms with Gasteiger partial charge in [-0.2, -0.15) is 0 Å². The molecule has 0 radical (unpaired) electrons. The third kappa shape index (κ3) is 1.01. The van der Waals surface area contributed by atoms with E-state index in [1.165, 1.54) is 0 Å². The number of fused-ring (bicyclic) bond motifs is 1. The van der Waals surface area contributed by atoms with Gasteiger partial charge in [0, 0.05) is 17.4 Å². The molecule has 1 saturated carbocycles. The summed E-state index contributed by atoms with van der Waals surface area (Å²) in [4.78, 5) is 23.2. The molecule has 0 amide bonds. The molecule has 0 aromatic rings. The van der Waals surface area contributed by atoms with Gasteiger partial charge in [-0.1, -0.05) is 13.8 Å². The zero-order valence-corrected chi connectivity index (χ0v) is 8.31. The molecule has 0 N–H and O–H groups in total. The molecule has 0 aliphatic heterocycles. The van der Waals surface area contributed by atoms with Gasteiger partial charge in [0.05, 0.1) is 0 Å². The highest BCUT2D eigenvalue weighted by atomic mass is 16.1. The summed E-state index contributed by atoms with van der Waals surface area (Å²) in [6.45, 7) is 5.73. The highest BCUT2D eigenvalue weighted by Crippen LogP contribution is 2.48. The Labute approximate surface area is 78.0 Å². The third-order valence-corrected chi connectivity index (χ3v) is 3.28. The van der Waals surface area contributed by atoms with Crippen molar-refractivity contribution in [2.45, 2.75) is 33.6 Å². The second-order valence-electron chi connectivity index (χ2n) is 4.78. The minimum atomic E-state index is -0.234. The first-order valence-corrected chi connectivity index (χ1v) is 4.72. The van der Waals surface area contributed by atoms with Gasteiger partial charge in [0.2, 0.25) is 0 Å². The Kier molecular flexibility index (Phi) is 1.54. The molecule has 1 atom stereocenters. The SMILES string of the molecule is CC1=C2C(=O)C(C)(C)CC2CC1=O. The van der Waals surface area contributed by atoms with E-state index in [2.05, 4.69) is 0 Å². The van der Waals surface area contributed by atoms with Crippen LogP contribution in [0, 0.1) is 11.3 Å². The smallest absolute Gasteiger partial charge is 0.165 e. The van der Waals surface area contributed by atoms with Crippen molar-refractivity contribution in [1.29, 1.82) is 0 Å². The van der Waals surface area contributed by atoms with E-state index in [4.69, 9.17) is 0 Å². The lowest BCUT2D eigenvalue weighted by molar-refractivity contribution is -0.122. The molecular weight excluding hydrogens is 164 g/mol. The lowest BCUT2D eigenvalue weighted by atomic mass is 9.88. The van der Waals surface area contributed by atoms with Crippen LogP contribution in [0.3, 0.4) is 0 Å². The normalized spacial score (nSPS) is 31.5. The molecule has 2 nitrogen and oxygen atoms in total. The maximum absolute atomic E-state index is 11.9. The van der Waals surface area contributed by atoms with Crippen molar-refractivity contribution in [2.75, 3.05) is 0 Å². The van der Waals surface area contributed by atoms with Gasteiger partial charge < -0.3 is 0 Å². The van der Waals surface area contributed by atoms with Crippen LogP contribution in [-0.2, 0) is 9.59 Å². The highest BCUT2D eigenvalue weighted by molar-refractivity contribution is 6.13. The molecule has 2 rings (SSSR count). The fraction of sp³-hybridized carbons (Fsp3) is 0.636. The fourth-order valence-corrected chi connectivity index (χ4v) is 2.54. The van der Waals surface area contributed by atoms with Gasteiger partial charge >= 0.3 is 0 Å². The van der Waals surface area contributed by atoms with Gasteiger partial charge in [-0.15, -0.1) is 0 Å². The number of hydrogen-bond donors (Lipinski definition) is 0. The Morgan fingerprint density at radius 2 is 1.92 bits per heavy atom. The van der Waals surface area contributed by atoms with Crippen molar-refractivity contribution in [1.82, 2.24) is 0 Å². The maximum atomic E-state index is 11.9. The zero-order chi connectivity index (χ0) is 9.80. The minimum Gasteiger partial charge on any atom is -0.295 e. The van der Waals surface area contributed by atoms with Crippen molar-refractivity contribution in [3.8, 4) is 0 Å². The van der Waals surface area contributed by atoms with Crippen molar-refractivity contribution < 1.29 is 9.59 Å². The number of allylic oxidation sites excluding steroid dienone is 2. The van der Waals surface area contributed by atoms with E-state index in [0.29, 0.717) is 6.42 Å². The fourth-order valence-electron chi connectivity index (χ4n) is 2.54. The Morgan fingerprint density at radius 3 is 2.46 bits per heavy atom. The average Bonchev–Trinajstić information content (AvgIpc) is 2.36. The van der Waals surface area contributed by atoms with E-state index in [-0.39, 0.29) is 22.9 Å². The van der Waals surface area contributed by atoms with Crippen LogP contribution in [0.25, 0.3) is 0 Å². The Morgan fingerprint density at radius 1 is 1.31 bits per heavy atom. The van der Waals surface area contributed by atoms with Crippen LogP contribution in [0.4, 0.5) is 0 Å². The monoisotopic (exact) mass is 178 g/mol.